The average Bonchev–Trinajstić information content (AvgIpc) is 2.88. The van der Waals surface area contributed by atoms with Crippen molar-refractivity contribution in [1.82, 2.24) is 5.32 Å². The average molecular weight is 277 g/mol. The van der Waals surface area contributed by atoms with Gasteiger partial charge in [0.25, 0.3) is 0 Å². The Hall–Kier alpha value is -0.940. The van der Waals surface area contributed by atoms with E-state index in [0.717, 1.165) is 32.4 Å². The second-order valence-corrected chi connectivity index (χ2v) is 5.69. The molecule has 2 aliphatic rings. The van der Waals surface area contributed by atoms with E-state index in [1.807, 2.05) is 18.2 Å². The maximum absolute atomic E-state index is 5.99. The molecule has 110 valence electrons. The second-order valence-electron chi connectivity index (χ2n) is 5.69. The van der Waals surface area contributed by atoms with Crippen molar-refractivity contribution in [3.8, 4) is 0 Å². The van der Waals surface area contributed by atoms with Gasteiger partial charge in [-0.1, -0.05) is 30.3 Å². The fourth-order valence-electron chi connectivity index (χ4n) is 3.02. The summed E-state index contributed by atoms with van der Waals surface area (Å²) in [5.74, 6) is 0. The summed E-state index contributed by atoms with van der Waals surface area (Å²) in [5.41, 5.74) is 1.24. The predicted molar refractivity (Wildman–Crippen MR) is 76.4 cm³/mol. The van der Waals surface area contributed by atoms with Crippen molar-refractivity contribution in [2.24, 2.45) is 0 Å². The van der Waals surface area contributed by atoms with Crippen molar-refractivity contribution >= 4 is 0 Å². The summed E-state index contributed by atoms with van der Waals surface area (Å²) in [7, 11) is 0. The number of nitrogens with one attached hydrogen (secondary N) is 1. The molecular formula is C16H23NO3. The molecule has 3 rings (SSSR count). The van der Waals surface area contributed by atoms with Crippen molar-refractivity contribution in [3.05, 3.63) is 35.9 Å². The van der Waals surface area contributed by atoms with Crippen LogP contribution in [0.5, 0.6) is 0 Å². The number of hydrogen-bond acceptors (Lipinski definition) is 4. The highest BCUT2D eigenvalue weighted by Crippen LogP contribution is 2.35. The summed E-state index contributed by atoms with van der Waals surface area (Å²) in [6.07, 6.45) is 3.38. The van der Waals surface area contributed by atoms with Gasteiger partial charge >= 0.3 is 0 Å². The van der Waals surface area contributed by atoms with E-state index in [4.69, 9.17) is 14.2 Å². The lowest BCUT2D eigenvalue weighted by Crippen LogP contribution is -2.41. The molecule has 0 aromatic heterocycles. The maximum Gasteiger partial charge on any atom is 0.147 e. The second kappa shape index (κ2) is 6.68. The Balaban J connectivity index is 1.35. The minimum Gasteiger partial charge on any atom is -0.372 e. The fourth-order valence-corrected chi connectivity index (χ4v) is 3.02. The van der Waals surface area contributed by atoms with E-state index in [-0.39, 0.29) is 11.7 Å². The zero-order valence-electron chi connectivity index (χ0n) is 11.8. The van der Waals surface area contributed by atoms with Crippen LogP contribution >= 0.6 is 0 Å². The number of rotatable bonds is 5. The highest BCUT2D eigenvalue weighted by molar-refractivity contribution is 5.13. The fraction of sp³-hybridized carbons (Fsp3) is 0.625. The Morgan fingerprint density at radius 3 is 2.80 bits per heavy atom. The van der Waals surface area contributed by atoms with Crippen LogP contribution in [0, 0.1) is 0 Å². The minimum absolute atomic E-state index is 0.0648. The number of piperidine rings is 1. The first-order valence-electron chi connectivity index (χ1n) is 7.44. The molecule has 4 nitrogen and oxygen atoms in total. The maximum atomic E-state index is 5.99. The molecule has 2 aliphatic heterocycles. The highest BCUT2D eigenvalue weighted by atomic mass is 16.7. The summed E-state index contributed by atoms with van der Waals surface area (Å²) < 4.78 is 17.3. The Labute approximate surface area is 120 Å². The quantitative estimate of drug-likeness (QED) is 0.661. The van der Waals surface area contributed by atoms with E-state index in [9.17, 15) is 0 Å². The van der Waals surface area contributed by atoms with Gasteiger partial charge < -0.3 is 19.5 Å². The van der Waals surface area contributed by atoms with Gasteiger partial charge in [-0.05, 0) is 31.5 Å². The van der Waals surface area contributed by atoms with E-state index in [0.29, 0.717) is 20.0 Å². The van der Waals surface area contributed by atoms with Crippen LogP contribution in [-0.4, -0.2) is 38.2 Å². The van der Waals surface area contributed by atoms with E-state index >= 15 is 0 Å². The monoisotopic (exact) mass is 277 g/mol. The standard InChI is InChI=1S/C16H23NO3/c1-2-4-14(5-3-1)11-18-13-19-15-10-16(20-12-15)6-8-17-9-7-16/h1-5,15,17H,6-13H2. The molecule has 1 N–H and O–H groups in total. The number of ether oxygens (including phenoxy) is 3. The number of hydrogen-bond donors (Lipinski definition) is 1. The first-order chi connectivity index (χ1) is 9.86. The summed E-state index contributed by atoms with van der Waals surface area (Å²) in [4.78, 5) is 0. The summed E-state index contributed by atoms with van der Waals surface area (Å²) in [5, 5.41) is 3.38. The van der Waals surface area contributed by atoms with Crippen molar-refractivity contribution in [1.29, 1.82) is 0 Å². The van der Waals surface area contributed by atoms with E-state index in [1.54, 1.807) is 0 Å². The van der Waals surface area contributed by atoms with Gasteiger partial charge in [0.2, 0.25) is 0 Å². The van der Waals surface area contributed by atoms with Gasteiger partial charge in [0.15, 0.2) is 0 Å². The lowest BCUT2D eigenvalue weighted by atomic mass is 9.89. The molecule has 0 saturated carbocycles. The smallest absolute Gasteiger partial charge is 0.147 e. The van der Waals surface area contributed by atoms with Crippen LogP contribution in [-0.2, 0) is 20.8 Å². The van der Waals surface area contributed by atoms with Crippen LogP contribution in [0.3, 0.4) is 0 Å². The topological polar surface area (TPSA) is 39.7 Å². The van der Waals surface area contributed by atoms with Crippen molar-refractivity contribution in [3.63, 3.8) is 0 Å². The summed E-state index contributed by atoms with van der Waals surface area (Å²) in [6.45, 7) is 3.75. The van der Waals surface area contributed by atoms with Gasteiger partial charge in [-0.3, -0.25) is 0 Å². The third kappa shape index (κ3) is 3.58. The van der Waals surface area contributed by atoms with Crippen LogP contribution in [0.2, 0.25) is 0 Å². The molecule has 0 radical (unpaired) electrons. The SMILES string of the molecule is c1ccc(COCOC2COC3(CCNCC3)C2)cc1. The van der Waals surface area contributed by atoms with Crippen LogP contribution in [0.1, 0.15) is 24.8 Å². The third-order valence-corrected chi connectivity index (χ3v) is 4.19. The van der Waals surface area contributed by atoms with E-state index in [1.165, 1.54) is 5.56 Å². The van der Waals surface area contributed by atoms with E-state index < -0.39 is 0 Å². The zero-order valence-corrected chi connectivity index (χ0v) is 11.8. The highest BCUT2D eigenvalue weighted by Gasteiger charge is 2.41. The molecular weight excluding hydrogens is 254 g/mol. The lowest BCUT2D eigenvalue weighted by molar-refractivity contribution is -0.0959. The molecule has 0 aliphatic carbocycles. The molecule has 2 heterocycles. The van der Waals surface area contributed by atoms with Crippen LogP contribution in [0.15, 0.2) is 30.3 Å². The predicted octanol–water partition coefficient (Wildman–Crippen LogP) is 2.09. The first-order valence-corrected chi connectivity index (χ1v) is 7.44. The zero-order chi connectivity index (χ0) is 13.7. The molecule has 1 atom stereocenters. The van der Waals surface area contributed by atoms with Crippen molar-refractivity contribution < 1.29 is 14.2 Å². The normalized spacial score (nSPS) is 25.1. The van der Waals surface area contributed by atoms with Crippen LogP contribution < -0.4 is 5.32 Å². The molecule has 4 heteroatoms. The molecule has 20 heavy (non-hydrogen) atoms. The molecule has 0 amide bonds. The molecule has 1 aromatic rings. The van der Waals surface area contributed by atoms with Gasteiger partial charge in [0.1, 0.15) is 6.79 Å². The van der Waals surface area contributed by atoms with Gasteiger partial charge in [0.05, 0.1) is 24.9 Å². The Bertz CT molecular complexity index is 403. The summed E-state index contributed by atoms with van der Waals surface area (Å²) >= 11 is 0. The molecule has 1 spiro atoms. The van der Waals surface area contributed by atoms with E-state index in [2.05, 4.69) is 17.4 Å². The summed E-state index contributed by atoms with van der Waals surface area (Å²) in [6, 6.07) is 10.2. The Morgan fingerprint density at radius 1 is 1.20 bits per heavy atom. The lowest BCUT2D eigenvalue weighted by Gasteiger charge is -2.32. The largest absolute Gasteiger partial charge is 0.372 e. The first kappa shape index (κ1) is 14.0. The molecule has 2 saturated heterocycles. The Kier molecular flexibility index (Phi) is 4.68. The van der Waals surface area contributed by atoms with Gasteiger partial charge in [0, 0.05) is 6.42 Å². The van der Waals surface area contributed by atoms with Gasteiger partial charge in [-0.25, -0.2) is 0 Å². The van der Waals surface area contributed by atoms with Gasteiger partial charge in [-0.2, -0.15) is 0 Å². The van der Waals surface area contributed by atoms with Crippen molar-refractivity contribution in [2.45, 2.75) is 37.6 Å². The van der Waals surface area contributed by atoms with Gasteiger partial charge in [-0.15, -0.1) is 0 Å². The molecule has 0 bridgehead atoms. The molecule has 1 aromatic carbocycles. The number of benzene rings is 1. The van der Waals surface area contributed by atoms with Crippen LogP contribution in [0.25, 0.3) is 0 Å². The minimum atomic E-state index is 0.0648. The third-order valence-electron chi connectivity index (χ3n) is 4.19. The Morgan fingerprint density at radius 2 is 2.00 bits per heavy atom. The van der Waals surface area contributed by atoms with Crippen molar-refractivity contribution in [2.75, 3.05) is 26.5 Å². The molecule has 1 unspecified atom stereocenters. The molecule has 2 fully saturated rings. The van der Waals surface area contributed by atoms with Crippen LogP contribution in [0.4, 0.5) is 0 Å².